The molecule has 0 bridgehead atoms. The first-order valence-corrected chi connectivity index (χ1v) is 5.20. The van der Waals surface area contributed by atoms with Gasteiger partial charge in [-0.05, 0) is 12.0 Å². The van der Waals surface area contributed by atoms with E-state index in [0.29, 0.717) is 16.9 Å². The molecule has 0 spiro atoms. The van der Waals surface area contributed by atoms with Crippen LogP contribution in [0, 0.1) is 0 Å². The number of hydrogen-bond acceptors (Lipinski definition) is 4. The van der Waals surface area contributed by atoms with Crippen LogP contribution < -0.4 is 0 Å². The van der Waals surface area contributed by atoms with Crippen LogP contribution in [-0.2, 0) is 11.2 Å². The van der Waals surface area contributed by atoms with E-state index in [1.165, 1.54) is 18.4 Å². The van der Waals surface area contributed by atoms with E-state index in [2.05, 4.69) is 0 Å². The monoisotopic (exact) mass is 212 g/mol. The molecule has 0 atom stereocenters. The first-order valence-electron chi connectivity index (χ1n) is 4.32. The minimum atomic E-state index is -0.0614. The summed E-state index contributed by atoms with van der Waals surface area (Å²) in [6, 6.07) is 0. The predicted octanol–water partition coefficient (Wildman–Crippen LogP) is 1.95. The van der Waals surface area contributed by atoms with E-state index in [9.17, 15) is 9.59 Å². The SMILES string of the molecule is CCc1c(C(=O)COC)csc1C=O. The van der Waals surface area contributed by atoms with E-state index in [1.54, 1.807) is 5.38 Å². The number of rotatable bonds is 5. The Hall–Kier alpha value is -1.00. The molecular weight excluding hydrogens is 200 g/mol. The number of Topliss-reactive ketones (excluding diaryl/α,β-unsaturated/α-hetero) is 1. The van der Waals surface area contributed by atoms with E-state index in [4.69, 9.17) is 4.74 Å². The van der Waals surface area contributed by atoms with E-state index in [-0.39, 0.29) is 12.4 Å². The fraction of sp³-hybridized carbons (Fsp3) is 0.400. The van der Waals surface area contributed by atoms with Gasteiger partial charge in [0.2, 0.25) is 0 Å². The molecule has 1 aromatic rings. The van der Waals surface area contributed by atoms with Gasteiger partial charge >= 0.3 is 0 Å². The van der Waals surface area contributed by atoms with Crippen molar-refractivity contribution >= 4 is 23.4 Å². The van der Waals surface area contributed by atoms with E-state index in [1.807, 2.05) is 6.92 Å². The number of carbonyl (C=O) groups is 2. The molecule has 0 aliphatic rings. The van der Waals surface area contributed by atoms with Gasteiger partial charge in [0.05, 0.1) is 4.88 Å². The normalized spacial score (nSPS) is 10.1. The summed E-state index contributed by atoms with van der Waals surface area (Å²) >= 11 is 1.31. The summed E-state index contributed by atoms with van der Waals surface area (Å²) < 4.78 is 4.77. The van der Waals surface area contributed by atoms with Gasteiger partial charge < -0.3 is 4.74 Å². The van der Waals surface area contributed by atoms with E-state index >= 15 is 0 Å². The lowest BCUT2D eigenvalue weighted by Crippen LogP contribution is -2.08. The number of thiophene rings is 1. The lowest BCUT2D eigenvalue weighted by atomic mass is 10.1. The van der Waals surface area contributed by atoms with Crippen LogP contribution in [0.1, 0.15) is 32.5 Å². The van der Waals surface area contributed by atoms with Crippen LogP contribution >= 0.6 is 11.3 Å². The molecule has 0 radical (unpaired) electrons. The molecule has 4 heteroatoms. The topological polar surface area (TPSA) is 43.4 Å². The minimum Gasteiger partial charge on any atom is -0.377 e. The number of carbonyl (C=O) groups excluding carboxylic acids is 2. The molecular formula is C10H12O3S. The van der Waals surface area contributed by atoms with Crippen LogP contribution in [0.5, 0.6) is 0 Å². The average Bonchev–Trinajstić information content (AvgIpc) is 2.60. The third-order valence-electron chi connectivity index (χ3n) is 1.96. The molecule has 0 saturated carbocycles. The highest BCUT2D eigenvalue weighted by atomic mass is 32.1. The summed E-state index contributed by atoms with van der Waals surface area (Å²) in [5, 5.41) is 1.73. The van der Waals surface area contributed by atoms with Crippen molar-refractivity contribution in [3.05, 3.63) is 21.4 Å². The minimum absolute atomic E-state index is 0.0614. The lowest BCUT2D eigenvalue weighted by molar-refractivity contribution is 0.0847. The van der Waals surface area contributed by atoms with Crippen molar-refractivity contribution in [1.82, 2.24) is 0 Å². The molecule has 1 aromatic heterocycles. The van der Waals surface area contributed by atoms with Crippen LogP contribution in [0.25, 0.3) is 0 Å². The standard InChI is InChI=1S/C10H12O3S/c1-3-7-8(9(12)5-13-2)6-14-10(7)4-11/h4,6H,3,5H2,1-2H3. The fourth-order valence-corrected chi connectivity index (χ4v) is 2.27. The highest BCUT2D eigenvalue weighted by Gasteiger charge is 2.15. The van der Waals surface area contributed by atoms with Crippen LogP contribution in [0.2, 0.25) is 0 Å². The molecule has 0 saturated heterocycles. The van der Waals surface area contributed by atoms with Crippen molar-refractivity contribution < 1.29 is 14.3 Å². The highest BCUT2D eigenvalue weighted by molar-refractivity contribution is 7.12. The molecule has 0 N–H and O–H groups in total. The van der Waals surface area contributed by atoms with Crippen LogP contribution in [0.15, 0.2) is 5.38 Å². The molecule has 14 heavy (non-hydrogen) atoms. The Morgan fingerprint density at radius 2 is 2.36 bits per heavy atom. The zero-order valence-electron chi connectivity index (χ0n) is 8.20. The van der Waals surface area contributed by atoms with Crippen molar-refractivity contribution in [2.75, 3.05) is 13.7 Å². The lowest BCUT2D eigenvalue weighted by Gasteiger charge is -2.00. The van der Waals surface area contributed by atoms with E-state index in [0.717, 1.165) is 11.8 Å². The molecule has 1 heterocycles. The summed E-state index contributed by atoms with van der Waals surface area (Å²) in [4.78, 5) is 22.8. The van der Waals surface area contributed by atoms with Crippen molar-refractivity contribution in [2.45, 2.75) is 13.3 Å². The first kappa shape index (κ1) is 11.1. The van der Waals surface area contributed by atoms with Gasteiger partial charge in [-0.1, -0.05) is 6.92 Å². The molecule has 1 rings (SSSR count). The maximum atomic E-state index is 11.5. The largest absolute Gasteiger partial charge is 0.377 e. The summed E-state index contributed by atoms with van der Waals surface area (Å²) in [6.45, 7) is 2.00. The van der Waals surface area contributed by atoms with Gasteiger partial charge in [0.25, 0.3) is 0 Å². The van der Waals surface area contributed by atoms with Gasteiger partial charge in [-0.15, -0.1) is 11.3 Å². The van der Waals surface area contributed by atoms with Gasteiger partial charge in [-0.2, -0.15) is 0 Å². The third-order valence-corrected chi connectivity index (χ3v) is 2.91. The number of methoxy groups -OCH3 is 1. The Kier molecular flexibility index (Phi) is 3.98. The molecule has 0 amide bonds. The first-order chi connectivity index (χ1) is 6.74. The zero-order valence-corrected chi connectivity index (χ0v) is 9.02. The van der Waals surface area contributed by atoms with Crippen LogP contribution in [0.3, 0.4) is 0 Å². The summed E-state index contributed by atoms with van der Waals surface area (Å²) in [7, 11) is 1.48. The molecule has 0 unspecified atom stereocenters. The summed E-state index contributed by atoms with van der Waals surface area (Å²) in [5.74, 6) is -0.0614. The third kappa shape index (κ3) is 2.08. The molecule has 0 fully saturated rings. The predicted molar refractivity (Wildman–Crippen MR) is 55.3 cm³/mol. The van der Waals surface area contributed by atoms with Gasteiger partial charge in [0.15, 0.2) is 12.1 Å². The van der Waals surface area contributed by atoms with Gasteiger partial charge in [0, 0.05) is 18.1 Å². The maximum absolute atomic E-state index is 11.5. The van der Waals surface area contributed by atoms with Crippen molar-refractivity contribution in [2.24, 2.45) is 0 Å². The Balaban J connectivity index is 3.02. The second-order valence-electron chi connectivity index (χ2n) is 2.82. The van der Waals surface area contributed by atoms with Crippen molar-refractivity contribution in [1.29, 1.82) is 0 Å². The number of ketones is 1. The molecule has 3 nitrogen and oxygen atoms in total. The quantitative estimate of drug-likeness (QED) is 0.553. The van der Waals surface area contributed by atoms with Crippen molar-refractivity contribution in [3.63, 3.8) is 0 Å². The Morgan fingerprint density at radius 1 is 1.64 bits per heavy atom. The molecule has 0 aliphatic carbocycles. The van der Waals surface area contributed by atoms with E-state index < -0.39 is 0 Å². The molecule has 0 aromatic carbocycles. The highest BCUT2D eigenvalue weighted by Crippen LogP contribution is 2.22. The maximum Gasteiger partial charge on any atom is 0.189 e. The van der Waals surface area contributed by atoms with Crippen LogP contribution in [-0.4, -0.2) is 25.8 Å². The number of aldehydes is 1. The average molecular weight is 212 g/mol. The number of ether oxygens (including phenoxy) is 1. The Morgan fingerprint density at radius 3 is 2.86 bits per heavy atom. The van der Waals surface area contributed by atoms with Gasteiger partial charge in [0.1, 0.15) is 6.61 Å². The molecule has 0 aliphatic heterocycles. The second-order valence-corrected chi connectivity index (χ2v) is 3.73. The Labute approximate surface area is 86.7 Å². The number of hydrogen-bond donors (Lipinski definition) is 0. The second kappa shape index (κ2) is 5.02. The molecule has 76 valence electrons. The smallest absolute Gasteiger partial charge is 0.189 e. The summed E-state index contributed by atoms with van der Waals surface area (Å²) in [5.41, 5.74) is 1.47. The zero-order chi connectivity index (χ0) is 10.6. The van der Waals surface area contributed by atoms with Crippen LogP contribution in [0.4, 0.5) is 0 Å². The van der Waals surface area contributed by atoms with Crippen molar-refractivity contribution in [3.8, 4) is 0 Å². The van der Waals surface area contributed by atoms with Gasteiger partial charge in [-0.3, -0.25) is 9.59 Å². The Bertz CT molecular complexity index is 341. The fourth-order valence-electron chi connectivity index (χ4n) is 1.30. The van der Waals surface area contributed by atoms with Gasteiger partial charge in [-0.25, -0.2) is 0 Å². The summed E-state index contributed by atoms with van der Waals surface area (Å²) in [6.07, 6.45) is 1.50.